The zero-order valence-electron chi connectivity index (χ0n) is 10.7. The number of hydrogen-bond acceptors (Lipinski definition) is 6. The standard InChI is InChI=1S/C12H12N2O6/c1-8(2)3-4-20-12(15)9-5-10(13(16)17)7-11(6-9)14(18)19/h5-7H,1,3-4H2,2H3. The third kappa shape index (κ3) is 4.16. The number of nitrogens with zero attached hydrogens (tertiary/aromatic N) is 2. The molecule has 0 radical (unpaired) electrons. The number of rotatable bonds is 6. The van der Waals surface area contributed by atoms with Gasteiger partial charge in [0.05, 0.1) is 28.1 Å². The fourth-order valence-corrected chi connectivity index (χ4v) is 1.33. The number of esters is 1. The van der Waals surface area contributed by atoms with Gasteiger partial charge in [-0.2, -0.15) is 0 Å². The Balaban J connectivity index is 2.98. The van der Waals surface area contributed by atoms with Crippen LogP contribution in [0.1, 0.15) is 23.7 Å². The van der Waals surface area contributed by atoms with E-state index in [4.69, 9.17) is 4.74 Å². The van der Waals surface area contributed by atoms with Crippen LogP contribution in [0.25, 0.3) is 0 Å². The number of nitro benzene ring substituents is 2. The van der Waals surface area contributed by atoms with Crippen LogP contribution >= 0.6 is 0 Å². The Kier molecular flexibility index (Phi) is 4.90. The molecule has 0 bridgehead atoms. The number of non-ortho nitro benzene ring substituents is 2. The van der Waals surface area contributed by atoms with E-state index < -0.39 is 27.2 Å². The van der Waals surface area contributed by atoms with Gasteiger partial charge in [0, 0.05) is 18.6 Å². The Hall–Kier alpha value is -2.77. The Bertz CT molecular complexity index is 549. The average Bonchev–Trinajstić information content (AvgIpc) is 2.37. The monoisotopic (exact) mass is 280 g/mol. The van der Waals surface area contributed by atoms with E-state index in [-0.39, 0.29) is 12.2 Å². The molecular weight excluding hydrogens is 268 g/mol. The summed E-state index contributed by atoms with van der Waals surface area (Å²) in [5.41, 5.74) is -0.493. The minimum absolute atomic E-state index is 0.0602. The highest BCUT2D eigenvalue weighted by Crippen LogP contribution is 2.23. The molecule has 0 saturated carbocycles. The summed E-state index contributed by atoms with van der Waals surface area (Å²) in [5, 5.41) is 21.3. The molecule has 0 heterocycles. The van der Waals surface area contributed by atoms with Crippen LogP contribution in [0.5, 0.6) is 0 Å². The molecule has 0 aliphatic rings. The zero-order chi connectivity index (χ0) is 15.3. The predicted octanol–water partition coefficient (Wildman–Crippen LogP) is 2.63. The minimum Gasteiger partial charge on any atom is -0.462 e. The third-order valence-corrected chi connectivity index (χ3v) is 2.32. The molecule has 0 fully saturated rings. The Labute approximate surface area is 114 Å². The lowest BCUT2D eigenvalue weighted by molar-refractivity contribution is -0.394. The number of hydrogen-bond donors (Lipinski definition) is 0. The quantitative estimate of drug-likeness (QED) is 0.342. The number of carbonyl (C=O) groups is 1. The molecule has 8 heteroatoms. The SMILES string of the molecule is C=C(C)CCOC(=O)c1cc([N+](=O)[O-])cc([N+](=O)[O-])c1. The van der Waals surface area contributed by atoms with Crippen molar-refractivity contribution in [1.29, 1.82) is 0 Å². The maximum atomic E-state index is 11.7. The molecule has 0 aromatic heterocycles. The molecular formula is C12H12N2O6. The van der Waals surface area contributed by atoms with Gasteiger partial charge in [0.1, 0.15) is 0 Å². The van der Waals surface area contributed by atoms with Gasteiger partial charge in [-0.25, -0.2) is 4.79 Å². The van der Waals surface area contributed by atoms with Crippen molar-refractivity contribution in [3.8, 4) is 0 Å². The summed E-state index contributed by atoms with van der Waals surface area (Å²) >= 11 is 0. The lowest BCUT2D eigenvalue weighted by Crippen LogP contribution is -2.08. The highest BCUT2D eigenvalue weighted by Gasteiger charge is 2.20. The molecule has 1 aromatic carbocycles. The summed E-state index contributed by atoms with van der Waals surface area (Å²) in [7, 11) is 0. The highest BCUT2D eigenvalue weighted by atomic mass is 16.6. The van der Waals surface area contributed by atoms with Gasteiger partial charge in [0.25, 0.3) is 11.4 Å². The van der Waals surface area contributed by atoms with Crippen molar-refractivity contribution in [2.24, 2.45) is 0 Å². The summed E-state index contributed by atoms with van der Waals surface area (Å²) in [4.78, 5) is 31.4. The van der Waals surface area contributed by atoms with Crippen LogP contribution in [0.4, 0.5) is 11.4 Å². The lowest BCUT2D eigenvalue weighted by Gasteiger charge is -2.04. The number of nitro groups is 2. The van der Waals surface area contributed by atoms with E-state index in [0.717, 1.165) is 23.8 Å². The van der Waals surface area contributed by atoms with Gasteiger partial charge in [-0.3, -0.25) is 20.2 Å². The van der Waals surface area contributed by atoms with Gasteiger partial charge < -0.3 is 4.74 Å². The molecule has 0 N–H and O–H groups in total. The fourth-order valence-electron chi connectivity index (χ4n) is 1.33. The van der Waals surface area contributed by atoms with E-state index in [1.54, 1.807) is 6.92 Å². The molecule has 0 aliphatic heterocycles. The van der Waals surface area contributed by atoms with Crippen molar-refractivity contribution in [1.82, 2.24) is 0 Å². The van der Waals surface area contributed by atoms with E-state index in [2.05, 4.69) is 6.58 Å². The maximum Gasteiger partial charge on any atom is 0.338 e. The van der Waals surface area contributed by atoms with Crippen molar-refractivity contribution < 1.29 is 19.4 Å². The summed E-state index contributed by atoms with van der Waals surface area (Å²) in [6.45, 7) is 5.45. The Morgan fingerprint density at radius 3 is 2.10 bits per heavy atom. The van der Waals surface area contributed by atoms with Gasteiger partial charge in [0.15, 0.2) is 0 Å². The molecule has 1 rings (SSSR count). The second-order valence-corrected chi connectivity index (χ2v) is 4.10. The number of ether oxygens (including phenoxy) is 1. The van der Waals surface area contributed by atoms with E-state index in [1.807, 2.05) is 0 Å². The van der Waals surface area contributed by atoms with Gasteiger partial charge in [0.2, 0.25) is 0 Å². The summed E-state index contributed by atoms with van der Waals surface area (Å²) < 4.78 is 4.86. The van der Waals surface area contributed by atoms with Crippen LogP contribution in [-0.4, -0.2) is 22.4 Å². The first kappa shape index (κ1) is 15.3. The molecule has 1 aromatic rings. The minimum atomic E-state index is -0.849. The van der Waals surface area contributed by atoms with Gasteiger partial charge in [-0.15, -0.1) is 6.58 Å². The summed E-state index contributed by atoms with van der Waals surface area (Å²) in [6.07, 6.45) is 0.447. The summed E-state index contributed by atoms with van der Waals surface area (Å²) in [6, 6.07) is 2.66. The van der Waals surface area contributed by atoms with Crippen LogP contribution in [0.2, 0.25) is 0 Å². The highest BCUT2D eigenvalue weighted by molar-refractivity contribution is 5.91. The normalized spacial score (nSPS) is 9.85. The molecule has 0 unspecified atom stereocenters. The largest absolute Gasteiger partial charge is 0.462 e. The third-order valence-electron chi connectivity index (χ3n) is 2.32. The molecule has 0 aliphatic carbocycles. The van der Waals surface area contributed by atoms with Crippen LogP contribution in [0, 0.1) is 20.2 Å². The lowest BCUT2D eigenvalue weighted by atomic mass is 10.2. The maximum absolute atomic E-state index is 11.7. The smallest absolute Gasteiger partial charge is 0.338 e. The second kappa shape index (κ2) is 6.41. The van der Waals surface area contributed by atoms with Crippen molar-refractivity contribution in [3.63, 3.8) is 0 Å². The molecule has 106 valence electrons. The fraction of sp³-hybridized carbons (Fsp3) is 0.250. The average molecular weight is 280 g/mol. The summed E-state index contributed by atoms with van der Waals surface area (Å²) in [5.74, 6) is -0.849. The second-order valence-electron chi connectivity index (χ2n) is 4.10. The van der Waals surface area contributed by atoms with Crippen molar-refractivity contribution in [3.05, 3.63) is 56.1 Å². The van der Waals surface area contributed by atoms with Crippen LogP contribution in [0.3, 0.4) is 0 Å². The zero-order valence-corrected chi connectivity index (χ0v) is 10.7. The van der Waals surface area contributed by atoms with E-state index in [9.17, 15) is 25.0 Å². The first-order valence-electron chi connectivity index (χ1n) is 5.56. The molecule has 8 nitrogen and oxygen atoms in total. The molecule has 0 saturated heterocycles. The topological polar surface area (TPSA) is 113 Å². The molecule has 20 heavy (non-hydrogen) atoms. The predicted molar refractivity (Wildman–Crippen MR) is 69.5 cm³/mol. The van der Waals surface area contributed by atoms with Crippen molar-refractivity contribution in [2.75, 3.05) is 6.61 Å². The first-order valence-corrected chi connectivity index (χ1v) is 5.56. The Morgan fingerprint density at radius 1 is 1.20 bits per heavy atom. The van der Waals surface area contributed by atoms with Gasteiger partial charge in [-0.1, -0.05) is 5.57 Å². The molecule has 0 amide bonds. The van der Waals surface area contributed by atoms with Crippen molar-refractivity contribution in [2.45, 2.75) is 13.3 Å². The number of benzene rings is 1. The Morgan fingerprint density at radius 2 is 1.70 bits per heavy atom. The van der Waals surface area contributed by atoms with Crippen molar-refractivity contribution >= 4 is 17.3 Å². The van der Waals surface area contributed by atoms with E-state index >= 15 is 0 Å². The van der Waals surface area contributed by atoms with E-state index in [0.29, 0.717) is 6.42 Å². The molecule has 0 spiro atoms. The first-order chi connectivity index (χ1) is 9.31. The van der Waals surface area contributed by atoms with E-state index in [1.165, 1.54) is 0 Å². The molecule has 0 atom stereocenters. The van der Waals surface area contributed by atoms with Gasteiger partial charge >= 0.3 is 5.97 Å². The van der Waals surface area contributed by atoms with Crippen LogP contribution in [-0.2, 0) is 4.74 Å². The number of carbonyl (C=O) groups excluding carboxylic acids is 1. The van der Waals surface area contributed by atoms with Crippen LogP contribution in [0.15, 0.2) is 30.4 Å². The van der Waals surface area contributed by atoms with Gasteiger partial charge in [-0.05, 0) is 6.92 Å². The van der Waals surface area contributed by atoms with Crippen LogP contribution < -0.4 is 0 Å².